The summed E-state index contributed by atoms with van der Waals surface area (Å²) in [6, 6.07) is 25.5. The molecule has 28 nitrogen and oxygen atoms in total. The van der Waals surface area contributed by atoms with Crippen molar-refractivity contribution in [3.8, 4) is 46.8 Å². The number of aryl methyl sites for hydroxylation is 4. The van der Waals surface area contributed by atoms with Crippen LogP contribution in [0.15, 0.2) is 140 Å². The van der Waals surface area contributed by atoms with E-state index in [2.05, 4.69) is 100 Å². The van der Waals surface area contributed by atoms with Gasteiger partial charge >= 0.3 is 26.4 Å². The smallest absolute Gasteiger partial charge is 0.387 e. The summed E-state index contributed by atoms with van der Waals surface area (Å²) in [5.74, 6) is -16.8. The Balaban J connectivity index is 0.000000145. The quantitative estimate of drug-likeness (QED) is 0.0292. The van der Waals surface area contributed by atoms with E-state index in [0.717, 1.165) is 48.5 Å². The maximum Gasteiger partial charge on any atom is 0.387 e. The van der Waals surface area contributed by atoms with E-state index in [1.807, 2.05) is 0 Å². The van der Waals surface area contributed by atoms with Crippen LogP contribution < -0.4 is 63.1 Å². The van der Waals surface area contributed by atoms with Crippen molar-refractivity contribution in [3.05, 3.63) is 238 Å². The third-order valence-corrected chi connectivity index (χ3v) is 17.5. The average molecular weight is 1790 g/mol. The summed E-state index contributed by atoms with van der Waals surface area (Å²) in [6.45, 7) is -5.68. The molecule has 0 fully saturated rings. The zero-order chi connectivity index (χ0) is 91.4. The molecule has 127 heavy (non-hydrogen) atoms. The predicted molar refractivity (Wildman–Crippen MR) is 417 cm³/mol. The molecule has 16 rings (SSSR count). The van der Waals surface area contributed by atoms with Gasteiger partial charge in [0.15, 0.2) is 87.2 Å². The van der Waals surface area contributed by atoms with E-state index in [4.69, 9.17) is 22.9 Å². The lowest BCUT2D eigenvalue weighted by Gasteiger charge is -2.13. The number of anilines is 12. The minimum atomic E-state index is -3.23. The van der Waals surface area contributed by atoms with Gasteiger partial charge in [-0.1, -0.05) is 13.8 Å². The number of fused-ring (bicyclic) bond motifs is 4. The van der Waals surface area contributed by atoms with Crippen LogP contribution in [0.25, 0.3) is 67.9 Å². The number of nitrogens with zero attached hydrogens (tertiary/aromatic N) is 16. The van der Waals surface area contributed by atoms with Crippen molar-refractivity contribution in [3.63, 3.8) is 0 Å². The number of imidazole rings is 4. The SMILES string of the molecule is CCc1nc2c(F)cc(F)cc2n1-c1nc(N)c(F)c(Nc2ccc(OC(F)F)c(F)c2)n1.CCc1nc2c(F)cc(F)cc2n1-c1nc(N)c(F)c(Nc2ccc(OC(F)F)cc2)n1.Cc1nc2c(F)cc(F)cc2n1-c1nc(N)c(F)c(Nc2ccc(OC(F)F)cc2)n1.Cc1nc2cc(F)c(F)cc2n1-c1nc(N)c(F)c(Nc2ccc(OC(F)F)cc2)n1. The van der Waals surface area contributed by atoms with Crippen LogP contribution in [-0.2, 0) is 12.8 Å². The number of aromatic nitrogens is 16. The molecule has 16 aromatic rings. The van der Waals surface area contributed by atoms with Crippen LogP contribution in [0.5, 0.6) is 23.0 Å². The highest BCUT2D eigenvalue weighted by Gasteiger charge is 2.28. The lowest BCUT2D eigenvalue weighted by Crippen LogP contribution is -2.12. The Kier molecular flexibility index (Phi) is 25.9. The van der Waals surface area contributed by atoms with E-state index in [1.54, 1.807) is 20.8 Å². The van der Waals surface area contributed by atoms with Crippen molar-refractivity contribution in [1.82, 2.24) is 78.1 Å². The zero-order valence-electron chi connectivity index (χ0n) is 64.5. The number of nitrogens with two attached hydrogens (primary N) is 4. The van der Waals surface area contributed by atoms with Crippen LogP contribution in [0.4, 0.5) is 161 Å². The Bertz CT molecular complexity index is 6810. The first-order chi connectivity index (χ1) is 60.4. The minimum Gasteiger partial charge on any atom is -0.435 e. The minimum absolute atomic E-state index is 0.0131. The Morgan fingerprint density at radius 3 is 0.937 bits per heavy atom. The van der Waals surface area contributed by atoms with Gasteiger partial charge in [-0.3, -0.25) is 18.3 Å². The molecule has 0 saturated carbocycles. The van der Waals surface area contributed by atoms with E-state index in [0.29, 0.717) is 36.1 Å². The molecule has 8 aromatic heterocycles. The van der Waals surface area contributed by atoms with Crippen molar-refractivity contribution in [2.24, 2.45) is 0 Å². The van der Waals surface area contributed by atoms with Crippen LogP contribution in [-0.4, -0.2) is 105 Å². The molecule has 0 bridgehead atoms. The van der Waals surface area contributed by atoms with Crippen molar-refractivity contribution in [1.29, 1.82) is 0 Å². The van der Waals surface area contributed by atoms with E-state index in [-0.39, 0.29) is 144 Å². The maximum absolute atomic E-state index is 14.6. The molecular formula is C78H55F21N24O4. The van der Waals surface area contributed by atoms with Crippen LogP contribution in [0.3, 0.4) is 0 Å². The summed E-state index contributed by atoms with van der Waals surface area (Å²) in [5.41, 5.74) is 23.5. The third-order valence-electron chi connectivity index (χ3n) is 17.5. The molecule has 12 N–H and O–H groups in total. The van der Waals surface area contributed by atoms with E-state index in [9.17, 15) is 92.2 Å². The number of hydrogen-bond acceptors (Lipinski definition) is 24. The molecule has 0 spiro atoms. The molecule has 0 aliphatic heterocycles. The topological polar surface area (TPSA) is 364 Å². The number of alkyl halides is 8. The zero-order valence-corrected chi connectivity index (χ0v) is 64.5. The molecule has 658 valence electrons. The van der Waals surface area contributed by atoms with Crippen LogP contribution in [0, 0.1) is 89.5 Å². The molecule has 0 aliphatic carbocycles. The van der Waals surface area contributed by atoms with Crippen LogP contribution in [0.2, 0.25) is 0 Å². The number of rotatable bonds is 22. The van der Waals surface area contributed by atoms with Gasteiger partial charge in [-0.2, -0.15) is 92.6 Å². The first-order valence-electron chi connectivity index (χ1n) is 36.1. The number of nitrogen functional groups attached to an aromatic ring is 4. The van der Waals surface area contributed by atoms with Crippen LogP contribution >= 0.6 is 0 Å². The van der Waals surface area contributed by atoms with Gasteiger partial charge in [0.25, 0.3) is 0 Å². The van der Waals surface area contributed by atoms with Crippen molar-refractivity contribution < 1.29 is 111 Å². The highest BCUT2D eigenvalue weighted by atomic mass is 19.3. The van der Waals surface area contributed by atoms with Gasteiger partial charge in [-0.25, -0.2) is 59.4 Å². The second kappa shape index (κ2) is 37.0. The predicted octanol–water partition coefficient (Wildman–Crippen LogP) is 18.5. The largest absolute Gasteiger partial charge is 0.435 e. The van der Waals surface area contributed by atoms with E-state index in [1.165, 1.54) is 98.0 Å². The molecule has 0 saturated heterocycles. The lowest BCUT2D eigenvalue weighted by molar-refractivity contribution is -0.0524. The molecular weight excluding hydrogens is 1740 g/mol. The first-order valence-corrected chi connectivity index (χ1v) is 36.1. The Morgan fingerprint density at radius 2 is 0.598 bits per heavy atom. The standard InChI is InChI=1S/C20H14F6N6O.C20H15F5N6O.2C19H13F5N6O/c1-2-14-29-16-11(23)5-8(21)6-12(16)32(14)20-30-17(27)15(24)18(31-20)28-9-3-4-13(10(22)7-9)33-19(25)26;1-2-14-28-16-12(22)7-9(21)8-13(16)31(14)20-29-17(26)15(23)18(30-20)27-10-3-5-11(6-4-10)32-19(24)25;1-8-26-15-12(21)6-9(20)7-13(15)30(8)19-28-16(25)14(22)17(29-19)27-10-2-4-11(5-3-10)31-18(23)24;1-8-26-13-6-11(20)12(21)7-14(13)30(8)19-28-16(25)15(22)17(29-19)27-9-2-4-10(5-3-9)31-18(23)24/h3-7,19H,2H2,1H3,(H3,27,28,30,31);3-8,19H,2H2,1H3,(H3,26,27,29,30);2*2-7,18H,1H3,(H3,25,27,28,29). The summed E-state index contributed by atoms with van der Waals surface area (Å²) >= 11 is 0. The highest BCUT2D eigenvalue weighted by molar-refractivity contribution is 5.82. The second-order valence-corrected chi connectivity index (χ2v) is 26.0. The molecule has 49 heteroatoms. The normalized spacial score (nSPS) is 11.3. The Labute approximate surface area is 696 Å². The highest BCUT2D eigenvalue weighted by Crippen LogP contribution is 2.36. The van der Waals surface area contributed by atoms with Crippen molar-refractivity contribution >= 4 is 113 Å². The van der Waals surface area contributed by atoms with E-state index < -0.39 is 137 Å². The molecule has 0 aliphatic rings. The summed E-state index contributed by atoms with van der Waals surface area (Å²) < 4.78 is 304. The van der Waals surface area contributed by atoms with Gasteiger partial charge in [0.2, 0.25) is 47.1 Å². The van der Waals surface area contributed by atoms with Gasteiger partial charge in [0.05, 0.1) is 27.6 Å². The van der Waals surface area contributed by atoms with E-state index >= 15 is 0 Å². The monoisotopic (exact) mass is 1790 g/mol. The lowest BCUT2D eigenvalue weighted by atomic mass is 10.3. The Morgan fingerprint density at radius 1 is 0.299 bits per heavy atom. The van der Waals surface area contributed by atoms with Gasteiger partial charge < -0.3 is 63.1 Å². The second-order valence-electron chi connectivity index (χ2n) is 26.0. The van der Waals surface area contributed by atoms with Gasteiger partial charge in [-0.05, 0) is 98.8 Å². The molecule has 8 aromatic carbocycles. The Hall–Kier alpha value is -15.9. The number of ether oxygens (including phenoxy) is 4. The van der Waals surface area contributed by atoms with Gasteiger partial charge in [0, 0.05) is 90.2 Å². The summed E-state index contributed by atoms with van der Waals surface area (Å²) in [4.78, 5) is 48.2. The van der Waals surface area contributed by atoms with Gasteiger partial charge in [0.1, 0.15) is 74.5 Å². The number of benzene rings is 8. The first kappa shape index (κ1) is 88.9. The van der Waals surface area contributed by atoms with Crippen molar-refractivity contribution in [2.45, 2.75) is 67.0 Å². The van der Waals surface area contributed by atoms with Crippen molar-refractivity contribution in [2.75, 3.05) is 44.2 Å². The molecule has 0 unspecified atom stereocenters. The molecule has 0 radical (unpaired) electrons. The summed E-state index contributed by atoms with van der Waals surface area (Å²) in [7, 11) is 0. The number of halogens is 21. The van der Waals surface area contributed by atoms with Crippen LogP contribution in [0.1, 0.15) is 37.1 Å². The third kappa shape index (κ3) is 19.8. The summed E-state index contributed by atoms with van der Waals surface area (Å²) in [6.07, 6.45) is 0.570. The fourth-order valence-corrected chi connectivity index (χ4v) is 12.2. The number of hydrogen-bond donors (Lipinski definition) is 8. The molecule has 0 atom stereocenters. The molecule has 0 amide bonds. The van der Waals surface area contributed by atoms with Gasteiger partial charge in [-0.15, -0.1) is 0 Å². The maximum atomic E-state index is 14.6. The molecule has 8 heterocycles. The summed E-state index contributed by atoms with van der Waals surface area (Å²) in [5, 5.41) is 10.5. The number of nitrogens with one attached hydrogen (secondary N) is 4. The average Bonchev–Trinajstić information content (AvgIpc) is 1.63. The fourth-order valence-electron chi connectivity index (χ4n) is 12.2. The fraction of sp³-hybridized carbons (Fsp3) is 0.128.